The molecule has 15 heavy (non-hydrogen) atoms. The van der Waals surface area contributed by atoms with Crippen molar-refractivity contribution >= 4 is 21.8 Å². The van der Waals surface area contributed by atoms with Gasteiger partial charge in [0, 0.05) is 4.47 Å². The fourth-order valence-electron chi connectivity index (χ4n) is 0.818. The summed E-state index contributed by atoms with van der Waals surface area (Å²) in [4.78, 5) is 0. The number of rotatable bonds is 3. The maximum atomic E-state index is 13.1. The van der Waals surface area contributed by atoms with Crippen molar-refractivity contribution in [3.63, 3.8) is 0 Å². The zero-order valence-electron chi connectivity index (χ0n) is 7.38. The average Bonchev–Trinajstić information content (AvgIpc) is 2.20. The molecule has 0 fully saturated rings. The van der Waals surface area contributed by atoms with Crippen LogP contribution in [0.15, 0.2) is 21.8 Å². The highest BCUT2D eigenvalue weighted by Crippen LogP contribution is 2.25. The Hall–Kier alpha value is -1.37. The van der Waals surface area contributed by atoms with Gasteiger partial charge in [0.05, 0.1) is 0 Å². The zero-order chi connectivity index (χ0) is 11.4. The van der Waals surface area contributed by atoms with Crippen molar-refractivity contribution in [1.82, 2.24) is 0 Å². The molecule has 0 aromatic heterocycles. The third kappa shape index (κ3) is 3.05. The number of nitrogens with two attached hydrogens (primary N) is 1. The van der Waals surface area contributed by atoms with Gasteiger partial charge in [-0.1, -0.05) is 21.1 Å². The van der Waals surface area contributed by atoms with Crippen molar-refractivity contribution < 1.29 is 18.7 Å². The summed E-state index contributed by atoms with van der Waals surface area (Å²) in [6.07, 6.45) is 0. The van der Waals surface area contributed by atoms with Crippen LogP contribution in [0.4, 0.5) is 8.78 Å². The SMILES string of the molecule is N/C(COc1cc(Br)cc(F)c1F)=N/O. The van der Waals surface area contributed by atoms with E-state index in [9.17, 15) is 8.78 Å². The lowest BCUT2D eigenvalue weighted by molar-refractivity contribution is 0.301. The van der Waals surface area contributed by atoms with Gasteiger partial charge in [-0.25, -0.2) is 4.39 Å². The topological polar surface area (TPSA) is 67.8 Å². The van der Waals surface area contributed by atoms with Crippen LogP contribution in [0.1, 0.15) is 0 Å². The molecule has 1 rings (SSSR count). The molecule has 3 N–H and O–H groups in total. The van der Waals surface area contributed by atoms with Crippen LogP contribution in [-0.4, -0.2) is 17.6 Å². The lowest BCUT2D eigenvalue weighted by Crippen LogP contribution is -2.21. The minimum atomic E-state index is -1.12. The molecule has 4 nitrogen and oxygen atoms in total. The van der Waals surface area contributed by atoms with Crippen molar-refractivity contribution in [2.75, 3.05) is 6.61 Å². The summed E-state index contributed by atoms with van der Waals surface area (Å²) in [5, 5.41) is 10.8. The molecule has 0 amide bonds. The van der Waals surface area contributed by atoms with Crippen molar-refractivity contribution in [2.24, 2.45) is 10.9 Å². The van der Waals surface area contributed by atoms with Gasteiger partial charge in [0.15, 0.2) is 17.4 Å². The van der Waals surface area contributed by atoms with Crippen LogP contribution in [0.25, 0.3) is 0 Å². The van der Waals surface area contributed by atoms with Crippen molar-refractivity contribution in [1.29, 1.82) is 0 Å². The quantitative estimate of drug-likeness (QED) is 0.292. The van der Waals surface area contributed by atoms with E-state index in [0.29, 0.717) is 4.47 Å². The van der Waals surface area contributed by atoms with E-state index in [1.165, 1.54) is 6.07 Å². The maximum absolute atomic E-state index is 13.1. The van der Waals surface area contributed by atoms with Crippen molar-refractivity contribution in [2.45, 2.75) is 0 Å². The molecule has 1 aromatic rings. The Kier molecular flexibility index (Phi) is 3.84. The van der Waals surface area contributed by atoms with Crippen LogP contribution < -0.4 is 10.5 Å². The zero-order valence-corrected chi connectivity index (χ0v) is 8.96. The van der Waals surface area contributed by atoms with E-state index in [1.54, 1.807) is 0 Å². The van der Waals surface area contributed by atoms with Gasteiger partial charge in [0.2, 0.25) is 5.82 Å². The van der Waals surface area contributed by atoms with E-state index in [0.717, 1.165) is 6.07 Å². The molecule has 0 aliphatic carbocycles. The number of ether oxygens (including phenoxy) is 1. The van der Waals surface area contributed by atoms with Crippen molar-refractivity contribution in [3.05, 3.63) is 28.2 Å². The minimum Gasteiger partial charge on any atom is -0.482 e. The van der Waals surface area contributed by atoms with Gasteiger partial charge < -0.3 is 15.7 Å². The summed E-state index contributed by atoms with van der Waals surface area (Å²) >= 11 is 2.97. The fourth-order valence-corrected chi connectivity index (χ4v) is 1.23. The second-order valence-electron chi connectivity index (χ2n) is 2.58. The number of amidine groups is 1. The van der Waals surface area contributed by atoms with Crippen molar-refractivity contribution in [3.8, 4) is 5.75 Å². The normalized spacial score (nSPS) is 11.5. The molecule has 0 atom stereocenters. The Labute approximate surface area is 92.5 Å². The Morgan fingerprint density at radius 1 is 1.53 bits per heavy atom. The third-order valence-electron chi connectivity index (χ3n) is 1.46. The molecule has 0 unspecified atom stereocenters. The lowest BCUT2D eigenvalue weighted by Gasteiger charge is -2.06. The average molecular weight is 281 g/mol. The summed E-state index contributed by atoms with van der Waals surface area (Å²) in [7, 11) is 0. The Morgan fingerprint density at radius 2 is 2.20 bits per heavy atom. The van der Waals surface area contributed by atoms with E-state index in [4.69, 9.17) is 15.7 Å². The molecule has 0 bridgehead atoms. The minimum absolute atomic E-state index is 0.241. The molecular formula is C8H7BrF2N2O2. The molecular weight excluding hydrogens is 274 g/mol. The molecule has 0 spiro atoms. The highest BCUT2D eigenvalue weighted by atomic mass is 79.9. The number of benzene rings is 1. The molecule has 82 valence electrons. The van der Waals surface area contributed by atoms with Gasteiger partial charge in [0.25, 0.3) is 0 Å². The summed E-state index contributed by atoms with van der Waals surface area (Å²) in [5.74, 6) is -2.72. The number of halogens is 3. The van der Waals surface area contributed by atoms with E-state index >= 15 is 0 Å². The van der Waals surface area contributed by atoms with Gasteiger partial charge in [-0.05, 0) is 12.1 Å². The molecule has 0 heterocycles. The molecule has 7 heteroatoms. The molecule has 0 aliphatic rings. The van der Waals surface area contributed by atoms with E-state index < -0.39 is 11.6 Å². The Morgan fingerprint density at radius 3 is 2.80 bits per heavy atom. The van der Waals surface area contributed by atoms with E-state index in [1.807, 2.05) is 0 Å². The predicted octanol–water partition coefficient (Wildman–Crippen LogP) is 1.85. The van der Waals surface area contributed by atoms with Crippen LogP contribution >= 0.6 is 15.9 Å². The number of oxime groups is 1. The maximum Gasteiger partial charge on any atom is 0.200 e. The smallest absolute Gasteiger partial charge is 0.200 e. The van der Waals surface area contributed by atoms with Crippen LogP contribution in [0, 0.1) is 11.6 Å². The molecule has 0 aliphatic heterocycles. The first-order chi connectivity index (χ1) is 7.04. The lowest BCUT2D eigenvalue weighted by atomic mass is 10.3. The van der Waals surface area contributed by atoms with Gasteiger partial charge >= 0.3 is 0 Å². The highest BCUT2D eigenvalue weighted by molar-refractivity contribution is 9.10. The summed E-state index contributed by atoms with van der Waals surface area (Å²) < 4.78 is 31.0. The molecule has 1 aromatic carbocycles. The summed E-state index contributed by atoms with van der Waals surface area (Å²) in [6, 6.07) is 2.20. The monoisotopic (exact) mass is 280 g/mol. The van der Waals surface area contributed by atoms with Crippen LogP contribution in [0.2, 0.25) is 0 Å². The first kappa shape index (κ1) is 11.7. The summed E-state index contributed by atoms with van der Waals surface area (Å²) in [6.45, 7) is -0.330. The first-order valence-electron chi connectivity index (χ1n) is 3.78. The standard InChI is InChI=1S/C8H7BrF2N2O2/c9-4-1-5(10)8(11)6(2-4)15-3-7(12)13-14/h1-2,14H,3H2,(H2,12,13). The largest absolute Gasteiger partial charge is 0.482 e. The third-order valence-corrected chi connectivity index (χ3v) is 1.92. The second kappa shape index (κ2) is 4.92. The van der Waals surface area contributed by atoms with Gasteiger partial charge in [-0.3, -0.25) is 0 Å². The van der Waals surface area contributed by atoms with Gasteiger partial charge in [-0.2, -0.15) is 4.39 Å². The van der Waals surface area contributed by atoms with Crippen LogP contribution in [-0.2, 0) is 0 Å². The Bertz CT molecular complexity index is 398. The molecule has 0 saturated carbocycles. The van der Waals surface area contributed by atoms with Gasteiger partial charge in [0.1, 0.15) is 6.61 Å². The summed E-state index contributed by atoms with van der Waals surface area (Å²) in [5.41, 5.74) is 5.09. The fraction of sp³-hybridized carbons (Fsp3) is 0.125. The number of nitrogens with zero attached hydrogens (tertiary/aromatic N) is 1. The Balaban J connectivity index is 2.85. The van der Waals surface area contributed by atoms with Gasteiger partial charge in [-0.15, -0.1) is 0 Å². The van der Waals surface area contributed by atoms with Crippen LogP contribution in [0.3, 0.4) is 0 Å². The predicted molar refractivity (Wildman–Crippen MR) is 53.0 cm³/mol. The van der Waals surface area contributed by atoms with E-state index in [2.05, 4.69) is 21.1 Å². The first-order valence-corrected chi connectivity index (χ1v) is 4.57. The number of hydrogen-bond donors (Lipinski definition) is 2. The van der Waals surface area contributed by atoms with Crippen LogP contribution in [0.5, 0.6) is 5.75 Å². The molecule has 0 saturated heterocycles. The number of hydrogen-bond acceptors (Lipinski definition) is 3. The van der Waals surface area contributed by atoms with E-state index in [-0.39, 0.29) is 18.2 Å². The molecule has 0 radical (unpaired) electrons. The highest BCUT2D eigenvalue weighted by Gasteiger charge is 2.11. The second-order valence-corrected chi connectivity index (χ2v) is 3.50.